The van der Waals surface area contributed by atoms with Gasteiger partial charge in [0.05, 0.1) is 12.1 Å². The predicted octanol–water partition coefficient (Wildman–Crippen LogP) is 4.81. The minimum Gasteiger partial charge on any atom is -0.452 e. The highest BCUT2D eigenvalue weighted by atomic mass is 79.9. The number of amides is 1. The fraction of sp³-hybridized carbons (Fsp3) is 0.312. The molecule has 0 aliphatic heterocycles. The fourth-order valence-corrected chi connectivity index (χ4v) is 3.24. The molecule has 0 saturated heterocycles. The van der Waals surface area contributed by atoms with E-state index in [9.17, 15) is 4.79 Å². The quantitative estimate of drug-likeness (QED) is 0.710. The zero-order chi connectivity index (χ0) is 15.4. The number of nitrogens with zero attached hydrogens (tertiary/aromatic N) is 1. The molecule has 2 rings (SSSR count). The number of halogens is 1. The molecular formula is C16H18BrNO2S. The van der Waals surface area contributed by atoms with Crippen LogP contribution in [0.2, 0.25) is 0 Å². The van der Waals surface area contributed by atoms with Crippen molar-refractivity contribution in [1.82, 2.24) is 4.90 Å². The highest BCUT2D eigenvalue weighted by Gasteiger charge is 2.17. The monoisotopic (exact) mass is 367 g/mol. The molecular weight excluding hydrogens is 350 g/mol. The van der Waals surface area contributed by atoms with E-state index < -0.39 is 0 Å². The van der Waals surface area contributed by atoms with Gasteiger partial charge in [0.1, 0.15) is 5.76 Å². The van der Waals surface area contributed by atoms with E-state index in [1.165, 1.54) is 0 Å². The van der Waals surface area contributed by atoms with Crippen LogP contribution in [-0.4, -0.2) is 23.1 Å². The Bertz CT molecular complexity index is 624. The van der Waals surface area contributed by atoms with Crippen LogP contribution in [0.1, 0.15) is 30.0 Å². The normalized spacial score (nSPS) is 10.9. The van der Waals surface area contributed by atoms with Gasteiger partial charge in [-0.2, -0.15) is 0 Å². The Morgan fingerprint density at radius 2 is 2.00 bits per heavy atom. The molecule has 5 heteroatoms. The molecule has 0 aliphatic rings. The Morgan fingerprint density at radius 1 is 1.29 bits per heavy atom. The van der Waals surface area contributed by atoms with Crippen LogP contribution in [0.4, 0.5) is 0 Å². The molecule has 0 fully saturated rings. The SMILES string of the molecule is CC(C)Sc1ccccc1C(=O)N(C)Cc1ccc(Br)o1. The van der Waals surface area contributed by atoms with Crippen LogP contribution < -0.4 is 0 Å². The van der Waals surface area contributed by atoms with Gasteiger partial charge in [0, 0.05) is 17.2 Å². The Labute approximate surface area is 137 Å². The van der Waals surface area contributed by atoms with E-state index in [2.05, 4.69) is 29.8 Å². The number of hydrogen-bond donors (Lipinski definition) is 0. The third-order valence-corrected chi connectivity index (χ3v) is 4.36. The number of rotatable bonds is 5. The Kier molecular flexibility index (Phi) is 5.53. The largest absolute Gasteiger partial charge is 0.452 e. The van der Waals surface area contributed by atoms with Crippen molar-refractivity contribution in [3.05, 3.63) is 52.4 Å². The van der Waals surface area contributed by atoms with Gasteiger partial charge in [-0.3, -0.25) is 4.79 Å². The maximum atomic E-state index is 12.6. The first-order valence-electron chi connectivity index (χ1n) is 6.72. The number of carbonyl (C=O) groups excluding carboxylic acids is 1. The number of thioether (sulfide) groups is 1. The highest BCUT2D eigenvalue weighted by Crippen LogP contribution is 2.27. The number of hydrogen-bond acceptors (Lipinski definition) is 3. The van der Waals surface area contributed by atoms with Crippen molar-refractivity contribution < 1.29 is 9.21 Å². The third-order valence-electron chi connectivity index (χ3n) is 2.85. The van der Waals surface area contributed by atoms with Crippen molar-refractivity contribution in [2.24, 2.45) is 0 Å². The molecule has 0 bridgehead atoms. The van der Waals surface area contributed by atoms with E-state index in [4.69, 9.17) is 4.42 Å². The standard InChI is InChI=1S/C16H18BrNO2S/c1-11(2)21-14-7-5-4-6-13(14)16(19)18(3)10-12-8-9-15(17)20-12/h4-9,11H,10H2,1-3H3. The lowest BCUT2D eigenvalue weighted by atomic mass is 10.2. The zero-order valence-electron chi connectivity index (χ0n) is 12.3. The van der Waals surface area contributed by atoms with E-state index in [1.807, 2.05) is 36.4 Å². The molecule has 0 spiro atoms. The van der Waals surface area contributed by atoms with Crippen molar-refractivity contribution in [1.29, 1.82) is 0 Å². The molecule has 0 atom stereocenters. The second-order valence-electron chi connectivity index (χ2n) is 5.03. The van der Waals surface area contributed by atoms with E-state index in [1.54, 1.807) is 23.7 Å². The van der Waals surface area contributed by atoms with Gasteiger partial charge >= 0.3 is 0 Å². The summed E-state index contributed by atoms with van der Waals surface area (Å²) >= 11 is 4.97. The lowest BCUT2D eigenvalue weighted by Crippen LogP contribution is -2.26. The summed E-state index contributed by atoms with van der Waals surface area (Å²) in [6.45, 7) is 4.69. The minimum atomic E-state index is 0.00581. The van der Waals surface area contributed by atoms with E-state index in [-0.39, 0.29) is 5.91 Å². The molecule has 0 radical (unpaired) electrons. The topological polar surface area (TPSA) is 33.5 Å². The molecule has 0 N–H and O–H groups in total. The van der Waals surface area contributed by atoms with Crippen molar-refractivity contribution >= 4 is 33.6 Å². The highest BCUT2D eigenvalue weighted by molar-refractivity contribution is 9.10. The summed E-state index contributed by atoms with van der Waals surface area (Å²) < 4.78 is 6.13. The van der Waals surface area contributed by atoms with Gasteiger partial charge in [-0.15, -0.1) is 11.8 Å². The zero-order valence-corrected chi connectivity index (χ0v) is 14.7. The first-order chi connectivity index (χ1) is 9.97. The van der Waals surface area contributed by atoms with E-state index >= 15 is 0 Å². The van der Waals surface area contributed by atoms with Gasteiger partial charge in [0.15, 0.2) is 4.67 Å². The van der Waals surface area contributed by atoms with Crippen molar-refractivity contribution in [3.63, 3.8) is 0 Å². The van der Waals surface area contributed by atoms with Crippen LogP contribution in [0.25, 0.3) is 0 Å². The molecule has 3 nitrogen and oxygen atoms in total. The van der Waals surface area contributed by atoms with Crippen molar-refractivity contribution in [2.45, 2.75) is 30.5 Å². The molecule has 112 valence electrons. The average Bonchev–Trinajstić information content (AvgIpc) is 2.83. The van der Waals surface area contributed by atoms with Gasteiger partial charge in [-0.1, -0.05) is 26.0 Å². The van der Waals surface area contributed by atoms with Gasteiger partial charge in [0.2, 0.25) is 0 Å². The second kappa shape index (κ2) is 7.18. The molecule has 1 aromatic carbocycles. The molecule has 1 aromatic heterocycles. The summed E-state index contributed by atoms with van der Waals surface area (Å²) in [5, 5.41) is 0.435. The van der Waals surface area contributed by atoms with Gasteiger partial charge < -0.3 is 9.32 Å². The molecule has 1 amide bonds. The number of furan rings is 1. The third kappa shape index (κ3) is 4.38. The fourth-order valence-electron chi connectivity index (χ4n) is 1.95. The summed E-state index contributed by atoms with van der Waals surface area (Å²) in [5.41, 5.74) is 0.740. The van der Waals surface area contributed by atoms with Gasteiger partial charge in [0.25, 0.3) is 5.91 Å². The molecule has 2 aromatic rings. The Morgan fingerprint density at radius 3 is 2.62 bits per heavy atom. The van der Waals surface area contributed by atoms with Crippen LogP contribution in [0.5, 0.6) is 0 Å². The first kappa shape index (κ1) is 16.2. The Balaban J connectivity index is 2.15. The lowest BCUT2D eigenvalue weighted by molar-refractivity contribution is 0.0771. The van der Waals surface area contributed by atoms with Crippen LogP contribution in [0.3, 0.4) is 0 Å². The van der Waals surface area contributed by atoms with Crippen LogP contribution in [-0.2, 0) is 6.54 Å². The van der Waals surface area contributed by atoms with Crippen molar-refractivity contribution in [3.8, 4) is 0 Å². The lowest BCUT2D eigenvalue weighted by Gasteiger charge is -2.18. The van der Waals surface area contributed by atoms with Gasteiger partial charge in [-0.25, -0.2) is 0 Å². The van der Waals surface area contributed by atoms with Crippen molar-refractivity contribution in [2.75, 3.05) is 7.05 Å². The first-order valence-corrected chi connectivity index (χ1v) is 8.40. The molecule has 0 unspecified atom stereocenters. The summed E-state index contributed by atoms with van der Waals surface area (Å²) in [7, 11) is 1.79. The van der Waals surface area contributed by atoms with E-state index in [0.717, 1.165) is 16.2 Å². The molecule has 1 heterocycles. The van der Waals surface area contributed by atoms with Crippen LogP contribution in [0.15, 0.2) is 50.4 Å². The number of carbonyl (C=O) groups is 1. The van der Waals surface area contributed by atoms with Crippen LogP contribution in [0, 0.1) is 0 Å². The van der Waals surface area contributed by atoms with Crippen LogP contribution >= 0.6 is 27.7 Å². The summed E-state index contributed by atoms with van der Waals surface area (Å²) in [6, 6.07) is 11.4. The van der Waals surface area contributed by atoms with E-state index in [0.29, 0.717) is 16.5 Å². The molecule has 0 saturated carbocycles. The predicted molar refractivity (Wildman–Crippen MR) is 89.6 cm³/mol. The summed E-state index contributed by atoms with van der Waals surface area (Å²) in [5.74, 6) is 0.762. The summed E-state index contributed by atoms with van der Waals surface area (Å²) in [4.78, 5) is 15.3. The average molecular weight is 368 g/mol. The molecule has 21 heavy (non-hydrogen) atoms. The Hall–Kier alpha value is -1.20. The molecule has 0 aliphatic carbocycles. The smallest absolute Gasteiger partial charge is 0.255 e. The number of benzene rings is 1. The van der Waals surface area contributed by atoms with Gasteiger partial charge in [-0.05, 0) is 40.2 Å². The maximum Gasteiger partial charge on any atom is 0.255 e. The second-order valence-corrected chi connectivity index (χ2v) is 7.43. The minimum absolute atomic E-state index is 0.00581. The maximum absolute atomic E-state index is 12.6. The summed E-state index contributed by atoms with van der Waals surface area (Å²) in [6.07, 6.45) is 0.